The summed E-state index contributed by atoms with van der Waals surface area (Å²) in [7, 11) is 0. The van der Waals surface area contributed by atoms with Crippen LogP contribution in [0.4, 0.5) is 0 Å². The van der Waals surface area contributed by atoms with Crippen LogP contribution in [-0.2, 0) is 16.2 Å². The predicted molar refractivity (Wildman–Crippen MR) is 119 cm³/mol. The van der Waals surface area contributed by atoms with E-state index in [1.165, 1.54) is 0 Å². The monoisotopic (exact) mass is 427 g/mol. The molecular weight excluding hydrogens is 398 g/mol. The molecule has 1 aromatic carbocycles. The third-order valence-electron chi connectivity index (χ3n) is 5.25. The molecule has 6 nitrogen and oxygen atoms in total. The number of thiazole rings is 1. The van der Waals surface area contributed by atoms with E-state index in [2.05, 4.69) is 4.98 Å². The molecule has 2 amide bonds. The van der Waals surface area contributed by atoms with Crippen molar-refractivity contribution in [1.29, 1.82) is 0 Å². The Hall–Kier alpha value is -2.67. The van der Waals surface area contributed by atoms with Crippen molar-refractivity contribution in [2.75, 3.05) is 19.6 Å². The van der Waals surface area contributed by atoms with Crippen LogP contribution in [0.25, 0.3) is 6.08 Å². The maximum absolute atomic E-state index is 12.7. The molecule has 0 bridgehead atoms. The van der Waals surface area contributed by atoms with Gasteiger partial charge in [-0.3, -0.25) is 9.59 Å². The van der Waals surface area contributed by atoms with Gasteiger partial charge < -0.3 is 14.5 Å². The number of amides is 2. The standard InChI is InChI=1S/C23H29N3O3S/c1-4-25(5-2)23(28)21-7-6-14-26(21)22(27)13-10-18-8-11-20(12-9-18)29-15-19-16-30-17(3)24-19/h8-13,16,21H,4-7,14-15H2,1-3H3/b13-10+. The Morgan fingerprint density at radius 2 is 2.00 bits per heavy atom. The van der Waals surface area contributed by atoms with E-state index < -0.39 is 0 Å². The molecule has 0 saturated carbocycles. The lowest BCUT2D eigenvalue weighted by molar-refractivity contribution is -0.141. The molecule has 0 spiro atoms. The van der Waals surface area contributed by atoms with Crippen LogP contribution in [0.2, 0.25) is 0 Å². The van der Waals surface area contributed by atoms with Gasteiger partial charge in [-0.05, 0) is 57.4 Å². The van der Waals surface area contributed by atoms with Crippen molar-refractivity contribution in [3.8, 4) is 5.75 Å². The first-order valence-electron chi connectivity index (χ1n) is 10.4. The van der Waals surface area contributed by atoms with Crippen LogP contribution in [-0.4, -0.2) is 52.3 Å². The second kappa shape index (κ2) is 10.4. The molecule has 0 radical (unpaired) electrons. The molecule has 0 N–H and O–H groups in total. The highest BCUT2D eigenvalue weighted by Crippen LogP contribution is 2.21. The Morgan fingerprint density at radius 1 is 1.27 bits per heavy atom. The van der Waals surface area contributed by atoms with Gasteiger partial charge in [-0.15, -0.1) is 11.3 Å². The summed E-state index contributed by atoms with van der Waals surface area (Å²) >= 11 is 1.61. The van der Waals surface area contributed by atoms with Gasteiger partial charge in [0.05, 0.1) is 10.7 Å². The fraction of sp³-hybridized carbons (Fsp3) is 0.435. The third kappa shape index (κ3) is 5.48. The lowest BCUT2D eigenvalue weighted by Gasteiger charge is -2.28. The molecule has 2 heterocycles. The van der Waals surface area contributed by atoms with E-state index in [1.807, 2.05) is 50.4 Å². The molecule has 3 rings (SSSR count). The molecule has 1 atom stereocenters. The van der Waals surface area contributed by atoms with E-state index in [1.54, 1.807) is 33.3 Å². The number of likely N-dealkylation sites (tertiary alicyclic amines) is 1. The van der Waals surface area contributed by atoms with Crippen LogP contribution in [0.15, 0.2) is 35.7 Å². The number of hydrogen-bond donors (Lipinski definition) is 0. The summed E-state index contributed by atoms with van der Waals surface area (Å²) < 4.78 is 5.75. The van der Waals surface area contributed by atoms with Crippen LogP contribution in [0, 0.1) is 6.92 Å². The number of nitrogens with zero attached hydrogens (tertiary/aromatic N) is 3. The topological polar surface area (TPSA) is 62.7 Å². The highest BCUT2D eigenvalue weighted by Gasteiger charge is 2.34. The molecule has 1 unspecified atom stereocenters. The molecule has 7 heteroatoms. The number of hydrogen-bond acceptors (Lipinski definition) is 5. The number of likely N-dealkylation sites (N-methyl/N-ethyl adjacent to an activating group) is 1. The summed E-state index contributed by atoms with van der Waals surface area (Å²) in [6, 6.07) is 7.24. The van der Waals surface area contributed by atoms with E-state index in [9.17, 15) is 9.59 Å². The van der Waals surface area contributed by atoms with Crippen molar-refractivity contribution in [2.24, 2.45) is 0 Å². The van der Waals surface area contributed by atoms with E-state index in [0.717, 1.165) is 34.9 Å². The van der Waals surface area contributed by atoms with Gasteiger partial charge in [-0.1, -0.05) is 12.1 Å². The summed E-state index contributed by atoms with van der Waals surface area (Å²) in [5.74, 6) is 0.696. The van der Waals surface area contributed by atoms with Crippen molar-refractivity contribution in [3.63, 3.8) is 0 Å². The van der Waals surface area contributed by atoms with Gasteiger partial charge >= 0.3 is 0 Å². The Morgan fingerprint density at radius 3 is 2.63 bits per heavy atom. The molecule has 1 aromatic heterocycles. The molecule has 160 valence electrons. The number of aryl methyl sites for hydroxylation is 1. The summed E-state index contributed by atoms with van der Waals surface area (Å²) in [5.41, 5.74) is 1.83. The fourth-order valence-corrected chi connectivity index (χ4v) is 4.20. The van der Waals surface area contributed by atoms with Crippen molar-refractivity contribution in [2.45, 2.75) is 46.3 Å². The molecular formula is C23H29N3O3S. The minimum atomic E-state index is -0.341. The van der Waals surface area contributed by atoms with Crippen molar-refractivity contribution in [1.82, 2.24) is 14.8 Å². The van der Waals surface area contributed by atoms with Crippen molar-refractivity contribution >= 4 is 29.2 Å². The number of carbonyl (C=O) groups is 2. The van der Waals surface area contributed by atoms with Crippen LogP contribution in [0.1, 0.15) is 43.0 Å². The van der Waals surface area contributed by atoms with Gasteiger partial charge in [0.2, 0.25) is 11.8 Å². The largest absolute Gasteiger partial charge is 0.487 e. The first kappa shape index (κ1) is 22.0. The van der Waals surface area contributed by atoms with Gasteiger partial charge in [-0.2, -0.15) is 0 Å². The quantitative estimate of drug-likeness (QED) is 0.600. The highest BCUT2D eigenvalue weighted by atomic mass is 32.1. The summed E-state index contributed by atoms with van der Waals surface area (Å²) in [6.45, 7) is 8.31. The number of aromatic nitrogens is 1. The number of benzene rings is 1. The lowest BCUT2D eigenvalue weighted by Crippen LogP contribution is -2.47. The fourth-order valence-electron chi connectivity index (χ4n) is 3.60. The van der Waals surface area contributed by atoms with Gasteiger partial charge in [0.25, 0.3) is 0 Å². The molecule has 30 heavy (non-hydrogen) atoms. The number of carbonyl (C=O) groups excluding carboxylic acids is 2. The minimum absolute atomic E-state index is 0.0519. The van der Waals surface area contributed by atoms with Crippen molar-refractivity contribution in [3.05, 3.63) is 52.0 Å². The van der Waals surface area contributed by atoms with E-state index in [0.29, 0.717) is 26.2 Å². The zero-order chi connectivity index (χ0) is 21.5. The number of rotatable bonds is 8. The first-order chi connectivity index (χ1) is 14.5. The average Bonchev–Trinajstić information content (AvgIpc) is 3.41. The molecule has 1 aliphatic heterocycles. The third-order valence-corrected chi connectivity index (χ3v) is 6.07. The van der Waals surface area contributed by atoms with Crippen LogP contribution in [0.3, 0.4) is 0 Å². The SMILES string of the molecule is CCN(CC)C(=O)C1CCCN1C(=O)/C=C/c1ccc(OCc2csc(C)n2)cc1. The minimum Gasteiger partial charge on any atom is -0.487 e. The Balaban J connectivity index is 1.56. The second-order valence-corrected chi connectivity index (χ2v) is 8.31. The first-order valence-corrected chi connectivity index (χ1v) is 11.3. The number of ether oxygens (including phenoxy) is 1. The van der Waals surface area contributed by atoms with Gasteiger partial charge in [-0.25, -0.2) is 4.98 Å². The van der Waals surface area contributed by atoms with Crippen LogP contribution >= 0.6 is 11.3 Å². The van der Waals surface area contributed by atoms with Gasteiger partial charge in [0.15, 0.2) is 0 Å². The summed E-state index contributed by atoms with van der Waals surface area (Å²) in [5, 5.41) is 3.02. The second-order valence-electron chi connectivity index (χ2n) is 7.25. The zero-order valence-corrected chi connectivity index (χ0v) is 18.7. The van der Waals surface area contributed by atoms with E-state index in [4.69, 9.17) is 4.74 Å². The average molecular weight is 428 g/mol. The smallest absolute Gasteiger partial charge is 0.247 e. The van der Waals surface area contributed by atoms with E-state index in [-0.39, 0.29) is 17.9 Å². The van der Waals surface area contributed by atoms with Crippen LogP contribution in [0.5, 0.6) is 5.75 Å². The lowest BCUT2D eigenvalue weighted by atomic mass is 10.1. The molecule has 0 aliphatic carbocycles. The Labute approximate surface area is 182 Å². The maximum atomic E-state index is 12.7. The highest BCUT2D eigenvalue weighted by molar-refractivity contribution is 7.09. The normalized spacial score (nSPS) is 16.2. The zero-order valence-electron chi connectivity index (χ0n) is 17.8. The molecule has 1 fully saturated rings. The maximum Gasteiger partial charge on any atom is 0.247 e. The van der Waals surface area contributed by atoms with Gasteiger partial charge in [0, 0.05) is 31.1 Å². The molecule has 2 aromatic rings. The van der Waals surface area contributed by atoms with Crippen LogP contribution < -0.4 is 4.74 Å². The summed E-state index contributed by atoms with van der Waals surface area (Å²) in [4.78, 5) is 33.3. The summed E-state index contributed by atoms with van der Waals surface area (Å²) in [6.07, 6.45) is 4.94. The van der Waals surface area contributed by atoms with Gasteiger partial charge in [0.1, 0.15) is 18.4 Å². The van der Waals surface area contributed by atoms with E-state index >= 15 is 0 Å². The Kier molecular flexibility index (Phi) is 7.63. The molecule has 1 saturated heterocycles. The van der Waals surface area contributed by atoms with Crippen molar-refractivity contribution < 1.29 is 14.3 Å². The molecule has 1 aliphatic rings. The predicted octanol–water partition coefficient (Wildman–Crippen LogP) is 3.90. The Bertz CT molecular complexity index is 887.